The fourth-order valence-corrected chi connectivity index (χ4v) is 7.88. The standard InChI is InChI=1S/C35H44F3N9O4/c36-35(37,38)28-20-23(19-25-22-40-43-31(25)28)21-30(32(48)45-12-6-26(7-13-45)44-17-10-39-11-18-44)42-34(50)51-46-14-8-27(9-15-46)47-16-5-24-3-1-2-4-29(24)41-33(47)49/h1-4,19-20,22,26-27,30,39H,5-18,21H2,(H,40,43)(H,41,49)(H,42,50). The lowest BCUT2D eigenvalue weighted by molar-refractivity contribution is -0.137. The number of anilines is 1. The predicted octanol–water partition coefficient (Wildman–Crippen LogP) is 3.58. The second-order valence-electron chi connectivity index (χ2n) is 13.8. The number of aromatic amines is 1. The molecule has 1 unspecified atom stereocenters. The third-order valence-corrected chi connectivity index (χ3v) is 10.6. The number of piperidine rings is 2. The quantitative estimate of drug-likeness (QED) is 0.292. The number of hydrogen-bond acceptors (Lipinski definition) is 8. The van der Waals surface area contributed by atoms with Crippen LogP contribution in [-0.2, 0) is 28.7 Å². The van der Waals surface area contributed by atoms with Crippen LogP contribution < -0.4 is 16.0 Å². The molecule has 2 aromatic carbocycles. The number of carbonyl (C=O) groups is 3. The highest BCUT2D eigenvalue weighted by Gasteiger charge is 2.37. The Bertz CT molecular complexity index is 1710. The van der Waals surface area contributed by atoms with Gasteiger partial charge < -0.3 is 30.6 Å². The topological polar surface area (TPSA) is 138 Å². The van der Waals surface area contributed by atoms with E-state index in [1.54, 1.807) is 11.0 Å². The average molecular weight is 712 g/mol. The van der Waals surface area contributed by atoms with Gasteiger partial charge >= 0.3 is 18.3 Å². The Hall–Kier alpha value is -4.41. The van der Waals surface area contributed by atoms with Gasteiger partial charge in [-0.25, -0.2) is 9.59 Å². The van der Waals surface area contributed by atoms with E-state index in [-0.39, 0.29) is 40.9 Å². The van der Waals surface area contributed by atoms with Crippen molar-refractivity contribution in [3.63, 3.8) is 0 Å². The first-order valence-corrected chi connectivity index (χ1v) is 17.8. The van der Waals surface area contributed by atoms with E-state index in [2.05, 4.69) is 31.0 Å². The van der Waals surface area contributed by atoms with Crippen LogP contribution in [0.25, 0.3) is 10.9 Å². The summed E-state index contributed by atoms with van der Waals surface area (Å²) in [6, 6.07) is 9.31. The maximum Gasteiger partial charge on any atom is 0.426 e. The molecule has 0 aliphatic carbocycles. The molecule has 4 N–H and O–H groups in total. The SMILES string of the molecule is O=C(NC(Cc1cc(C(F)(F)F)c2[nH]ncc2c1)C(=O)N1CCC(N2CCNCC2)CC1)ON1CCC(N2CCc3ccccc3NC2=O)CC1. The maximum atomic E-state index is 14.0. The number of benzene rings is 2. The molecule has 7 rings (SSSR count). The van der Waals surface area contributed by atoms with Crippen LogP contribution in [0, 0.1) is 0 Å². The molecule has 3 saturated heterocycles. The van der Waals surface area contributed by atoms with E-state index >= 15 is 0 Å². The van der Waals surface area contributed by atoms with Crippen molar-refractivity contribution in [2.75, 3.05) is 64.2 Å². The summed E-state index contributed by atoms with van der Waals surface area (Å²) in [7, 11) is 0. The molecular weight excluding hydrogens is 667 g/mol. The van der Waals surface area contributed by atoms with Gasteiger partial charge in [-0.05, 0) is 61.4 Å². The van der Waals surface area contributed by atoms with E-state index in [0.29, 0.717) is 51.6 Å². The second kappa shape index (κ2) is 15.1. The number of fused-ring (bicyclic) bond motifs is 2. The van der Waals surface area contributed by atoms with Crippen molar-refractivity contribution in [1.29, 1.82) is 0 Å². The molecule has 274 valence electrons. The van der Waals surface area contributed by atoms with Crippen LogP contribution >= 0.6 is 0 Å². The number of halogens is 3. The Balaban J connectivity index is 1.00. The first kappa shape index (κ1) is 35.0. The fraction of sp³-hybridized carbons (Fsp3) is 0.543. The average Bonchev–Trinajstić information content (AvgIpc) is 3.53. The number of para-hydroxylation sites is 1. The molecule has 13 nitrogen and oxygen atoms in total. The van der Waals surface area contributed by atoms with Crippen LogP contribution in [0.4, 0.5) is 28.4 Å². The zero-order valence-electron chi connectivity index (χ0n) is 28.4. The molecule has 4 aliphatic rings. The lowest BCUT2D eigenvalue weighted by Gasteiger charge is -2.41. The molecule has 0 spiro atoms. The van der Waals surface area contributed by atoms with Gasteiger partial charge in [0.15, 0.2) is 0 Å². The first-order chi connectivity index (χ1) is 24.6. The Morgan fingerprint density at radius 3 is 2.43 bits per heavy atom. The normalized spacial score (nSPS) is 20.8. The number of nitrogens with zero attached hydrogens (tertiary/aromatic N) is 5. The van der Waals surface area contributed by atoms with Gasteiger partial charge in [0, 0.05) is 88.5 Å². The molecule has 4 aliphatic heterocycles. The number of H-pyrrole nitrogens is 1. The van der Waals surface area contributed by atoms with Gasteiger partial charge in [-0.2, -0.15) is 18.3 Å². The largest absolute Gasteiger partial charge is 0.426 e. The zero-order valence-corrected chi connectivity index (χ0v) is 28.4. The Labute approximate surface area is 293 Å². The van der Waals surface area contributed by atoms with Crippen LogP contribution in [0.3, 0.4) is 0 Å². The molecule has 4 amide bonds. The van der Waals surface area contributed by atoms with Gasteiger partial charge in [0.2, 0.25) is 5.91 Å². The van der Waals surface area contributed by atoms with Crippen molar-refractivity contribution in [2.45, 2.75) is 62.8 Å². The molecular formula is C35H44F3N9O4. The van der Waals surface area contributed by atoms with E-state index in [0.717, 1.165) is 62.8 Å². The molecule has 0 saturated carbocycles. The molecule has 5 heterocycles. The molecule has 1 atom stereocenters. The number of alkyl halides is 3. The molecule has 1 aromatic heterocycles. The maximum absolute atomic E-state index is 14.0. The van der Waals surface area contributed by atoms with Crippen molar-refractivity contribution in [3.05, 3.63) is 59.3 Å². The third kappa shape index (κ3) is 8.07. The molecule has 51 heavy (non-hydrogen) atoms. The lowest BCUT2D eigenvalue weighted by atomic mass is 9.98. The predicted molar refractivity (Wildman–Crippen MR) is 183 cm³/mol. The van der Waals surface area contributed by atoms with Gasteiger partial charge in [0.25, 0.3) is 0 Å². The van der Waals surface area contributed by atoms with Crippen molar-refractivity contribution >= 4 is 34.6 Å². The van der Waals surface area contributed by atoms with Crippen LogP contribution in [-0.4, -0.2) is 125 Å². The number of aromatic nitrogens is 2. The summed E-state index contributed by atoms with van der Waals surface area (Å²) >= 11 is 0. The molecule has 0 radical (unpaired) electrons. The number of hydrogen-bond donors (Lipinski definition) is 4. The van der Waals surface area contributed by atoms with E-state index in [4.69, 9.17) is 4.84 Å². The summed E-state index contributed by atoms with van der Waals surface area (Å²) in [5, 5.41) is 17.0. The Kier molecular flexibility index (Phi) is 10.3. The van der Waals surface area contributed by atoms with E-state index in [9.17, 15) is 27.6 Å². The summed E-state index contributed by atoms with van der Waals surface area (Å²) < 4.78 is 42.1. The summed E-state index contributed by atoms with van der Waals surface area (Å²) in [6.07, 6.45) is -0.923. The molecule has 0 bridgehead atoms. The van der Waals surface area contributed by atoms with Gasteiger partial charge in [-0.3, -0.25) is 14.8 Å². The Morgan fingerprint density at radius 1 is 0.961 bits per heavy atom. The zero-order chi connectivity index (χ0) is 35.5. The molecule has 3 aromatic rings. The minimum absolute atomic E-state index is 0.0404. The third-order valence-electron chi connectivity index (χ3n) is 10.6. The fourth-order valence-electron chi connectivity index (χ4n) is 7.88. The van der Waals surface area contributed by atoms with Crippen LogP contribution in [0.15, 0.2) is 42.6 Å². The number of carbonyl (C=O) groups excluding carboxylic acids is 3. The van der Waals surface area contributed by atoms with Crippen LogP contribution in [0.5, 0.6) is 0 Å². The van der Waals surface area contributed by atoms with E-state index < -0.39 is 23.9 Å². The smallest absolute Gasteiger partial charge is 0.351 e. The van der Waals surface area contributed by atoms with E-state index in [1.165, 1.54) is 11.3 Å². The second-order valence-corrected chi connectivity index (χ2v) is 13.8. The number of nitrogens with one attached hydrogen (secondary N) is 4. The lowest BCUT2D eigenvalue weighted by Crippen LogP contribution is -2.56. The van der Waals surface area contributed by atoms with Crippen LogP contribution in [0.2, 0.25) is 0 Å². The highest BCUT2D eigenvalue weighted by Crippen LogP contribution is 2.35. The minimum Gasteiger partial charge on any atom is -0.351 e. The first-order valence-electron chi connectivity index (χ1n) is 17.8. The molecule has 16 heteroatoms. The van der Waals surface area contributed by atoms with E-state index in [1.807, 2.05) is 29.2 Å². The van der Waals surface area contributed by atoms with Crippen molar-refractivity contribution < 1.29 is 32.4 Å². The highest BCUT2D eigenvalue weighted by molar-refractivity contribution is 5.91. The van der Waals surface area contributed by atoms with Crippen molar-refractivity contribution in [2.24, 2.45) is 0 Å². The number of urea groups is 1. The van der Waals surface area contributed by atoms with Gasteiger partial charge in [-0.15, -0.1) is 5.06 Å². The number of amides is 4. The highest BCUT2D eigenvalue weighted by atomic mass is 19.4. The number of piperazine rings is 1. The van der Waals surface area contributed by atoms with Crippen LogP contribution in [0.1, 0.15) is 42.4 Å². The Morgan fingerprint density at radius 2 is 1.69 bits per heavy atom. The van der Waals surface area contributed by atoms with Gasteiger partial charge in [0.1, 0.15) is 6.04 Å². The number of likely N-dealkylation sites (tertiary alicyclic amines) is 1. The van der Waals surface area contributed by atoms with Crippen molar-refractivity contribution in [3.8, 4) is 0 Å². The van der Waals surface area contributed by atoms with Gasteiger partial charge in [-0.1, -0.05) is 18.2 Å². The summed E-state index contributed by atoms with van der Waals surface area (Å²) in [4.78, 5) is 52.0. The summed E-state index contributed by atoms with van der Waals surface area (Å²) in [5.41, 5.74) is 1.11. The number of rotatable bonds is 7. The monoisotopic (exact) mass is 711 g/mol. The summed E-state index contributed by atoms with van der Waals surface area (Å²) in [5.74, 6) is -0.363. The van der Waals surface area contributed by atoms with Gasteiger partial charge in [0.05, 0.1) is 17.3 Å². The number of hydroxylamine groups is 2. The van der Waals surface area contributed by atoms with Crippen molar-refractivity contribution in [1.82, 2.24) is 40.6 Å². The molecule has 3 fully saturated rings. The minimum atomic E-state index is -4.65. The summed E-state index contributed by atoms with van der Waals surface area (Å²) in [6.45, 7) is 6.04.